The van der Waals surface area contributed by atoms with E-state index in [1.54, 1.807) is 6.07 Å². The Morgan fingerprint density at radius 3 is 2.39 bits per heavy atom. The molecule has 0 spiro atoms. The maximum Gasteiger partial charge on any atom is 0.270 e. The van der Waals surface area contributed by atoms with Gasteiger partial charge >= 0.3 is 0 Å². The third-order valence-corrected chi connectivity index (χ3v) is 2.86. The van der Waals surface area contributed by atoms with Crippen molar-refractivity contribution in [2.75, 3.05) is 19.8 Å². The molecule has 2 rings (SSSR count). The maximum atomic E-state index is 13.6. The summed E-state index contributed by atoms with van der Waals surface area (Å²) in [6, 6.07) is 3.01. The van der Waals surface area contributed by atoms with E-state index in [1.165, 1.54) is 6.07 Å². The first-order chi connectivity index (χ1) is 8.52. The summed E-state index contributed by atoms with van der Waals surface area (Å²) in [4.78, 5) is 0. The Hall–Kier alpha value is -1.36. The summed E-state index contributed by atoms with van der Waals surface area (Å²) in [6.07, 6.45) is 1.15. The van der Waals surface area contributed by atoms with Gasteiger partial charge in [-0.3, -0.25) is 0 Å². The first-order valence-corrected chi connectivity index (χ1v) is 6.03. The molecule has 0 saturated carbocycles. The van der Waals surface area contributed by atoms with E-state index in [9.17, 15) is 8.78 Å². The predicted octanol–water partition coefficient (Wildman–Crippen LogP) is 2.46. The fourth-order valence-electron chi connectivity index (χ4n) is 2.02. The number of benzene rings is 1. The summed E-state index contributed by atoms with van der Waals surface area (Å²) in [5.41, 5.74) is 5.95. The number of hydrogen-bond acceptors (Lipinski definition) is 3. The van der Waals surface area contributed by atoms with E-state index in [1.807, 2.05) is 0 Å². The minimum Gasteiger partial charge on any atom is -0.490 e. The van der Waals surface area contributed by atoms with E-state index >= 15 is 0 Å². The van der Waals surface area contributed by atoms with Crippen LogP contribution in [0.4, 0.5) is 8.78 Å². The normalized spacial score (nSPS) is 15.3. The van der Waals surface area contributed by atoms with Crippen LogP contribution in [0.25, 0.3) is 0 Å². The summed E-state index contributed by atoms with van der Waals surface area (Å²) in [5.74, 6) is -1.98. The second-order valence-electron chi connectivity index (χ2n) is 4.43. The average Bonchev–Trinajstić information content (AvgIpc) is 2.51. The van der Waals surface area contributed by atoms with Crippen LogP contribution in [0, 0.1) is 0 Å². The van der Waals surface area contributed by atoms with Gasteiger partial charge < -0.3 is 15.2 Å². The van der Waals surface area contributed by atoms with Crippen LogP contribution in [-0.4, -0.2) is 19.8 Å². The number of nitrogens with two attached hydrogens (primary N) is 1. The van der Waals surface area contributed by atoms with Crippen molar-refractivity contribution >= 4 is 0 Å². The van der Waals surface area contributed by atoms with E-state index in [-0.39, 0.29) is 5.56 Å². The van der Waals surface area contributed by atoms with Crippen LogP contribution in [0.3, 0.4) is 0 Å². The molecule has 18 heavy (non-hydrogen) atoms. The zero-order chi connectivity index (χ0) is 13.2. The van der Waals surface area contributed by atoms with E-state index in [4.69, 9.17) is 15.2 Å². The van der Waals surface area contributed by atoms with Crippen LogP contribution in [0.1, 0.15) is 24.5 Å². The predicted molar refractivity (Wildman–Crippen MR) is 64.4 cm³/mol. The zero-order valence-corrected chi connectivity index (χ0v) is 10.3. The first-order valence-electron chi connectivity index (χ1n) is 6.03. The van der Waals surface area contributed by atoms with Crippen molar-refractivity contribution in [3.8, 4) is 11.5 Å². The third-order valence-electron chi connectivity index (χ3n) is 2.86. The van der Waals surface area contributed by atoms with Gasteiger partial charge in [-0.2, -0.15) is 0 Å². The second-order valence-corrected chi connectivity index (χ2v) is 4.43. The highest BCUT2D eigenvalue weighted by Crippen LogP contribution is 2.39. The minimum absolute atomic E-state index is 0.0304. The van der Waals surface area contributed by atoms with Crippen molar-refractivity contribution in [2.24, 2.45) is 5.73 Å². The zero-order valence-electron chi connectivity index (χ0n) is 10.3. The number of ether oxygens (including phenoxy) is 2. The van der Waals surface area contributed by atoms with Crippen molar-refractivity contribution in [3.63, 3.8) is 0 Å². The van der Waals surface area contributed by atoms with Crippen LogP contribution in [0.5, 0.6) is 11.5 Å². The lowest BCUT2D eigenvalue weighted by molar-refractivity contribution is 0.0163. The topological polar surface area (TPSA) is 44.5 Å². The number of hydrogen-bond donors (Lipinski definition) is 1. The molecule has 0 unspecified atom stereocenters. The van der Waals surface area contributed by atoms with Gasteiger partial charge in [-0.25, -0.2) is 8.78 Å². The lowest BCUT2D eigenvalue weighted by atomic mass is 9.99. The molecule has 5 heteroatoms. The fraction of sp³-hybridized carbons (Fsp3) is 0.538. The summed E-state index contributed by atoms with van der Waals surface area (Å²) >= 11 is 0. The molecule has 1 aromatic rings. The summed E-state index contributed by atoms with van der Waals surface area (Å²) in [5, 5.41) is 0. The molecule has 0 saturated heterocycles. The summed E-state index contributed by atoms with van der Waals surface area (Å²) in [7, 11) is 0. The van der Waals surface area contributed by atoms with Gasteiger partial charge in [0.05, 0.1) is 13.2 Å². The van der Waals surface area contributed by atoms with Gasteiger partial charge in [-0.1, -0.05) is 0 Å². The van der Waals surface area contributed by atoms with Crippen molar-refractivity contribution in [2.45, 2.75) is 25.7 Å². The molecule has 1 aliphatic heterocycles. The van der Waals surface area contributed by atoms with Gasteiger partial charge in [0, 0.05) is 18.9 Å². The summed E-state index contributed by atoms with van der Waals surface area (Å²) in [6.45, 7) is 2.23. The van der Waals surface area contributed by atoms with E-state index in [0.29, 0.717) is 43.2 Å². The SMILES string of the molecule is CC(F)(F)c1cc2c(cc1CCN)OCCCO2. The molecular weight excluding hydrogens is 240 g/mol. The molecule has 0 aromatic heterocycles. The first kappa shape index (κ1) is 13.1. The van der Waals surface area contributed by atoms with Gasteiger partial charge in [0.15, 0.2) is 11.5 Å². The van der Waals surface area contributed by atoms with E-state index in [0.717, 1.165) is 13.3 Å². The van der Waals surface area contributed by atoms with Gasteiger partial charge in [-0.15, -0.1) is 0 Å². The molecule has 3 nitrogen and oxygen atoms in total. The van der Waals surface area contributed by atoms with Crippen LogP contribution >= 0.6 is 0 Å². The number of alkyl halides is 2. The van der Waals surface area contributed by atoms with Gasteiger partial charge in [0.25, 0.3) is 5.92 Å². The molecule has 2 N–H and O–H groups in total. The fourth-order valence-corrected chi connectivity index (χ4v) is 2.02. The van der Waals surface area contributed by atoms with Crippen LogP contribution in [0.15, 0.2) is 12.1 Å². The Bertz CT molecular complexity index is 430. The highest BCUT2D eigenvalue weighted by molar-refractivity contribution is 5.49. The van der Waals surface area contributed by atoms with E-state index in [2.05, 4.69) is 0 Å². The molecular formula is C13H17F2NO2. The highest BCUT2D eigenvalue weighted by Gasteiger charge is 2.29. The monoisotopic (exact) mass is 257 g/mol. The molecule has 100 valence electrons. The third kappa shape index (κ3) is 2.72. The maximum absolute atomic E-state index is 13.6. The minimum atomic E-state index is -2.91. The molecule has 0 fully saturated rings. The van der Waals surface area contributed by atoms with Crippen LogP contribution < -0.4 is 15.2 Å². The lowest BCUT2D eigenvalue weighted by Crippen LogP contribution is -2.14. The second kappa shape index (κ2) is 5.10. The standard InChI is InChI=1S/C13H17F2NO2/c1-13(14,15)10-8-12-11(7-9(10)3-4-16)17-5-2-6-18-12/h7-8H,2-6,16H2,1H3. The van der Waals surface area contributed by atoms with Gasteiger partial charge in [0.1, 0.15) is 0 Å². The Morgan fingerprint density at radius 2 is 1.83 bits per heavy atom. The van der Waals surface area contributed by atoms with Crippen molar-refractivity contribution in [1.29, 1.82) is 0 Å². The quantitative estimate of drug-likeness (QED) is 0.904. The number of fused-ring (bicyclic) bond motifs is 1. The average molecular weight is 257 g/mol. The van der Waals surface area contributed by atoms with Crippen molar-refractivity contribution in [3.05, 3.63) is 23.3 Å². The number of halogens is 2. The van der Waals surface area contributed by atoms with Crippen molar-refractivity contribution < 1.29 is 18.3 Å². The Morgan fingerprint density at radius 1 is 1.22 bits per heavy atom. The Labute approximate surface area is 105 Å². The van der Waals surface area contributed by atoms with Crippen molar-refractivity contribution in [1.82, 2.24) is 0 Å². The molecule has 0 bridgehead atoms. The molecule has 0 amide bonds. The molecule has 0 atom stereocenters. The largest absolute Gasteiger partial charge is 0.490 e. The Balaban J connectivity index is 2.47. The Kier molecular flexibility index (Phi) is 3.71. The van der Waals surface area contributed by atoms with Crippen LogP contribution in [-0.2, 0) is 12.3 Å². The smallest absolute Gasteiger partial charge is 0.270 e. The van der Waals surface area contributed by atoms with Crippen LogP contribution in [0.2, 0.25) is 0 Å². The van der Waals surface area contributed by atoms with E-state index < -0.39 is 5.92 Å². The molecule has 1 heterocycles. The van der Waals surface area contributed by atoms with Gasteiger partial charge in [0.2, 0.25) is 0 Å². The molecule has 0 radical (unpaired) electrons. The highest BCUT2D eigenvalue weighted by atomic mass is 19.3. The molecule has 0 aliphatic carbocycles. The van der Waals surface area contributed by atoms with Gasteiger partial charge in [-0.05, 0) is 30.7 Å². The lowest BCUT2D eigenvalue weighted by Gasteiger charge is -2.18. The summed E-state index contributed by atoms with van der Waals surface area (Å²) < 4.78 is 38.1. The molecule has 1 aromatic carbocycles. The molecule has 1 aliphatic rings. The number of rotatable bonds is 3.